The van der Waals surface area contributed by atoms with Crippen molar-refractivity contribution in [3.05, 3.63) is 4.88 Å². The summed E-state index contributed by atoms with van der Waals surface area (Å²) >= 11 is 1.28. The number of carbonyl (C=O) groups is 1. The van der Waals surface area contributed by atoms with Gasteiger partial charge in [0.2, 0.25) is 0 Å². The number of nitrogens with one attached hydrogen (secondary N) is 1. The number of carbonyl (C=O) groups excluding carboxylic acids is 1. The van der Waals surface area contributed by atoms with E-state index in [0.29, 0.717) is 16.4 Å². The van der Waals surface area contributed by atoms with Gasteiger partial charge in [-0.15, -0.1) is 0 Å². The maximum atomic E-state index is 12.5. The molecule has 1 fully saturated rings. The number of nitrogens with two attached hydrogens (primary N) is 1. The number of nitrogens with zero attached hydrogens (tertiary/aromatic N) is 2. The molecule has 2 rings (SSSR count). The summed E-state index contributed by atoms with van der Waals surface area (Å²) in [6, 6.07) is 0.116. The fourth-order valence-electron chi connectivity index (χ4n) is 2.44. The summed E-state index contributed by atoms with van der Waals surface area (Å²) in [5.74, 6) is 0.224. The van der Waals surface area contributed by atoms with E-state index in [2.05, 4.69) is 10.3 Å². The maximum Gasteiger partial charge on any atom is 0.268 e. The van der Waals surface area contributed by atoms with E-state index in [0.717, 1.165) is 25.8 Å². The smallest absolute Gasteiger partial charge is 0.268 e. The predicted octanol–water partition coefficient (Wildman–Crippen LogP) is 1.14. The molecule has 1 aromatic rings. The Morgan fingerprint density at radius 1 is 1.63 bits per heavy atom. The molecule has 1 aliphatic rings. The number of aliphatic hydroxyl groups is 1. The Morgan fingerprint density at radius 2 is 2.42 bits per heavy atom. The molecule has 1 aliphatic heterocycles. The van der Waals surface area contributed by atoms with E-state index in [1.807, 2.05) is 4.90 Å². The average Bonchev–Trinajstić information content (AvgIpc) is 2.80. The van der Waals surface area contributed by atoms with Gasteiger partial charge < -0.3 is 21.1 Å². The molecule has 0 aliphatic carbocycles. The van der Waals surface area contributed by atoms with Crippen molar-refractivity contribution in [1.29, 1.82) is 0 Å². The molecule has 0 radical (unpaired) electrons. The molecule has 1 atom stereocenters. The first-order valence-electron chi connectivity index (χ1n) is 6.53. The van der Waals surface area contributed by atoms with Crippen LogP contribution >= 0.6 is 11.3 Å². The van der Waals surface area contributed by atoms with E-state index in [-0.39, 0.29) is 24.4 Å². The van der Waals surface area contributed by atoms with Crippen molar-refractivity contribution in [3.63, 3.8) is 0 Å². The Hall–Kier alpha value is -1.34. The fourth-order valence-corrected chi connectivity index (χ4v) is 3.23. The summed E-state index contributed by atoms with van der Waals surface area (Å²) in [7, 11) is 1.75. The van der Waals surface area contributed by atoms with E-state index >= 15 is 0 Å². The minimum Gasteiger partial charge on any atom is -0.396 e. The summed E-state index contributed by atoms with van der Waals surface area (Å²) in [6.07, 6.45) is 3.69. The SMILES string of the molecule is CNc1nc(N)c(C(=O)N2CCCCC2CCO)s1. The molecule has 7 heteroatoms. The minimum absolute atomic E-state index is 0.0605. The lowest BCUT2D eigenvalue weighted by Gasteiger charge is -2.35. The highest BCUT2D eigenvalue weighted by molar-refractivity contribution is 7.18. The monoisotopic (exact) mass is 284 g/mol. The van der Waals surface area contributed by atoms with Gasteiger partial charge in [-0.3, -0.25) is 4.79 Å². The van der Waals surface area contributed by atoms with Crippen LogP contribution in [-0.2, 0) is 0 Å². The van der Waals surface area contributed by atoms with Gasteiger partial charge >= 0.3 is 0 Å². The molecule has 1 saturated heterocycles. The molecule has 0 saturated carbocycles. The number of likely N-dealkylation sites (tertiary alicyclic amines) is 1. The van der Waals surface area contributed by atoms with Gasteiger partial charge in [-0.1, -0.05) is 11.3 Å². The summed E-state index contributed by atoms with van der Waals surface area (Å²) in [5, 5.41) is 12.7. The topological polar surface area (TPSA) is 91.5 Å². The van der Waals surface area contributed by atoms with Gasteiger partial charge in [-0.2, -0.15) is 0 Å². The van der Waals surface area contributed by atoms with Crippen molar-refractivity contribution in [2.24, 2.45) is 0 Å². The lowest BCUT2D eigenvalue weighted by molar-refractivity contribution is 0.0580. The summed E-state index contributed by atoms with van der Waals surface area (Å²) in [5.41, 5.74) is 5.81. The van der Waals surface area contributed by atoms with E-state index in [1.54, 1.807) is 7.05 Å². The number of thiazole rings is 1. The molecular weight excluding hydrogens is 264 g/mol. The molecule has 106 valence electrons. The molecule has 1 aromatic heterocycles. The van der Waals surface area contributed by atoms with E-state index in [1.165, 1.54) is 11.3 Å². The molecule has 4 N–H and O–H groups in total. The first kappa shape index (κ1) is 14.1. The second kappa shape index (κ2) is 6.21. The molecular formula is C12H20N4O2S. The van der Waals surface area contributed by atoms with Crippen LogP contribution in [0.3, 0.4) is 0 Å². The molecule has 1 unspecified atom stereocenters. The first-order chi connectivity index (χ1) is 9.17. The number of rotatable bonds is 4. The second-order valence-corrected chi connectivity index (χ2v) is 5.64. The van der Waals surface area contributed by atoms with Crippen LogP contribution in [0.1, 0.15) is 35.4 Å². The highest BCUT2D eigenvalue weighted by atomic mass is 32.1. The fraction of sp³-hybridized carbons (Fsp3) is 0.667. The van der Waals surface area contributed by atoms with Crippen LogP contribution in [0.15, 0.2) is 0 Å². The third-order valence-corrected chi connectivity index (χ3v) is 4.49. The molecule has 6 nitrogen and oxygen atoms in total. The van der Waals surface area contributed by atoms with Crippen LogP contribution in [0, 0.1) is 0 Å². The molecule has 1 amide bonds. The van der Waals surface area contributed by atoms with Gasteiger partial charge in [0.1, 0.15) is 10.7 Å². The summed E-state index contributed by atoms with van der Waals surface area (Å²) in [6.45, 7) is 0.837. The maximum absolute atomic E-state index is 12.5. The third-order valence-electron chi connectivity index (χ3n) is 3.41. The van der Waals surface area contributed by atoms with Gasteiger partial charge in [0, 0.05) is 26.2 Å². The number of piperidine rings is 1. The molecule has 0 bridgehead atoms. The van der Waals surface area contributed by atoms with Crippen molar-refractivity contribution in [2.75, 3.05) is 31.2 Å². The Kier molecular flexibility index (Phi) is 4.60. The number of amides is 1. The van der Waals surface area contributed by atoms with Crippen LogP contribution in [0.25, 0.3) is 0 Å². The van der Waals surface area contributed by atoms with Gasteiger partial charge in [0.25, 0.3) is 5.91 Å². The quantitative estimate of drug-likeness (QED) is 0.771. The lowest BCUT2D eigenvalue weighted by atomic mass is 9.99. The number of hydrogen-bond acceptors (Lipinski definition) is 6. The van der Waals surface area contributed by atoms with Crippen molar-refractivity contribution >= 4 is 28.2 Å². The summed E-state index contributed by atoms with van der Waals surface area (Å²) < 4.78 is 0. The molecule has 19 heavy (non-hydrogen) atoms. The second-order valence-electron chi connectivity index (χ2n) is 4.64. The lowest BCUT2D eigenvalue weighted by Crippen LogP contribution is -2.44. The van der Waals surface area contributed by atoms with Crippen LogP contribution in [0.2, 0.25) is 0 Å². The Bertz CT molecular complexity index is 447. The Morgan fingerprint density at radius 3 is 3.05 bits per heavy atom. The number of anilines is 2. The normalized spacial score (nSPS) is 19.5. The first-order valence-corrected chi connectivity index (χ1v) is 7.35. The van der Waals surface area contributed by atoms with Crippen LogP contribution in [0.5, 0.6) is 0 Å². The van der Waals surface area contributed by atoms with Crippen molar-refractivity contribution in [1.82, 2.24) is 9.88 Å². The van der Waals surface area contributed by atoms with Crippen LogP contribution in [-0.4, -0.2) is 47.1 Å². The standard InChI is InChI=1S/C12H20N4O2S/c1-14-12-15-10(13)9(19-12)11(18)16-6-3-2-4-8(16)5-7-17/h8,17H,2-7,13H2,1H3,(H,14,15). The van der Waals surface area contributed by atoms with Crippen LogP contribution in [0.4, 0.5) is 10.9 Å². The van der Waals surface area contributed by atoms with Gasteiger partial charge in [-0.05, 0) is 25.7 Å². The largest absolute Gasteiger partial charge is 0.396 e. The Labute approximate surface area is 116 Å². The predicted molar refractivity (Wildman–Crippen MR) is 76.5 cm³/mol. The van der Waals surface area contributed by atoms with Crippen molar-refractivity contribution < 1.29 is 9.90 Å². The van der Waals surface area contributed by atoms with Crippen molar-refractivity contribution in [3.8, 4) is 0 Å². The van der Waals surface area contributed by atoms with E-state index in [9.17, 15) is 4.79 Å². The number of aromatic nitrogens is 1. The summed E-state index contributed by atoms with van der Waals surface area (Å²) in [4.78, 5) is 19.0. The number of aliphatic hydroxyl groups excluding tert-OH is 1. The Balaban J connectivity index is 2.18. The highest BCUT2D eigenvalue weighted by Gasteiger charge is 2.29. The molecule has 0 aromatic carbocycles. The average molecular weight is 284 g/mol. The zero-order valence-electron chi connectivity index (χ0n) is 11.1. The third kappa shape index (κ3) is 2.98. The number of nitrogen functional groups attached to an aromatic ring is 1. The van der Waals surface area contributed by atoms with E-state index < -0.39 is 0 Å². The number of hydrogen-bond donors (Lipinski definition) is 3. The van der Waals surface area contributed by atoms with Crippen molar-refractivity contribution in [2.45, 2.75) is 31.7 Å². The van der Waals surface area contributed by atoms with E-state index in [4.69, 9.17) is 10.8 Å². The highest BCUT2D eigenvalue weighted by Crippen LogP contribution is 2.29. The van der Waals surface area contributed by atoms with Crippen LogP contribution < -0.4 is 11.1 Å². The zero-order chi connectivity index (χ0) is 13.8. The van der Waals surface area contributed by atoms with Gasteiger partial charge in [0.15, 0.2) is 5.13 Å². The zero-order valence-corrected chi connectivity index (χ0v) is 11.9. The van der Waals surface area contributed by atoms with Gasteiger partial charge in [-0.25, -0.2) is 4.98 Å². The molecule has 0 spiro atoms. The van der Waals surface area contributed by atoms with Gasteiger partial charge in [0.05, 0.1) is 0 Å². The minimum atomic E-state index is -0.0605. The molecule has 2 heterocycles.